The molecular weight excluding hydrogens is 768 g/mol. The second-order valence-electron chi connectivity index (χ2n) is 14.7. The molecule has 0 bridgehead atoms. The molecule has 0 spiro atoms. The van der Waals surface area contributed by atoms with Gasteiger partial charge in [0.2, 0.25) is 0 Å². The van der Waals surface area contributed by atoms with Crippen LogP contribution >= 0.6 is 0 Å². The average molecular weight is 808 g/mol. The van der Waals surface area contributed by atoms with Gasteiger partial charge in [-0.05, 0) is 30.3 Å². The molecule has 9 aromatic carbocycles. The standard InChI is InChI=1S/C54H39FGeN2/c55-42-29-35-49(36-30-42)58-53-24-14-13-23-51(53)52-39-50(37-38-54(52)58)57(47-21-11-4-12-22-47)48-33-27-41(28-34-48)40-25-31-46(32-26-40)56(43-15-5-1-6-16-43,44-17-7-2-8-18-44)45-19-9-3-10-20-45/h1-39H. The minimum atomic E-state index is -3.34. The van der Waals surface area contributed by atoms with Crippen molar-refractivity contribution in [3.05, 3.63) is 242 Å². The third-order valence-corrected chi connectivity index (χ3v) is 21.5. The molecule has 10 rings (SSSR count). The Balaban J connectivity index is 1.05. The van der Waals surface area contributed by atoms with E-state index in [-0.39, 0.29) is 5.82 Å². The van der Waals surface area contributed by atoms with E-state index in [2.05, 4.69) is 222 Å². The SMILES string of the molecule is Fc1ccc(-n2c3ccccc3c3cc(N(c4ccccc4)c4ccc(-c5cc[c]([Ge]([c]6ccccc6)([c]6ccccc6)[c]6ccccc6)cc5)cc4)ccc32)cc1. The number of anilines is 3. The van der Waals surface area contributed by atoms with Crippen LogP contribution in [0.4, 0.5) is 21.5 Å². The van der Waals surface area contributed by atoms with Gasteiger partial charge in [-0.25, -0.2) is 4.39 Å². The molecule has 0 saturated heterocycles. The minimum Gasteiger partial charge on any atom is -0.0351 e. The molecule has 2 nitrogen and oxygen atoms in total. The molecule has 58 heavy (non-hydrogen) atoms. The summed E-state index contributed by atoms with van der Waals surface area (Å²) in [4.78, 5) is 2.32. The number of hydrogen-bond acceptors (Lipinski definition) is 1. The molecule has 0 aliphatic rings. The summed E-state index contributed by atoms with van der Waals surface area (Å²) in [5.41, 5.74) is 8.64. The number of aromatic nitrogens is 1. The van der Waals surface area contributed by atoms with Crippen LogP contribution in [0.25, 0.3) is 38.6 Å². The molecule has 0 fully saturated rings. The summed E-state index contributed by atoms with van der Waals surface area (Å²) in [6.07, 6.45) is 0. The van der Waals surface area contributed by atoms with E-state index in [9.17, 15) is 4.39 Å². The van der Waals surface area contributed by atoms with Crippen LogP contribution in [0.3, 0.4) is 0 Å². The van der Waals surface area contributed by atoms with E-state index in [4.69, 9.17) is 0 Å². The third-order valence-electron chi connectivity index (χ3n) is 11.4. The number of halogens is 1. The van der Waals surface area contributed by atoms with Crippen molar-refractivity contribution < 1.29 is 4.39 Å². The Kier molecular flexibility index (Phi) is 9.29. The number of para-hydroxylation sites is 2. The van der Waals surface area contributed by atoms with Crippen LogP contribution in [0.2, 0.25) is 0 Å². The summed E-state index contributed by atoms with van der Waals surface area (Å²) >= 11 is -3.34. The van der Waals surface area contributed by atoms with Crippen molar-refractivity contribution in [3.8, 4) is 16.8 Å². The fraction of sp³-hybridized carbons (Fsp3) is 0. The molecule has 10 aromatic rings. The zero-order chi connectivity index (χ0) is 38.9. The van der Waals surface area contributed by atoms with Gasteiger partial charge in [0.15, 0.2) is 0 Å². The quantitative estimate of drug-likeness (QED) is 0.132. The predicted molar refractivity (Wildman–Crippen MR) is 244 cm³/mol. The Hall–Kier alpha value is -6.95. The van der Waals surface area contributed by atoms with Crippen LogP contribution in [0.15, 0.2) is 237 Å². The average Bonchev–Trinajstić information content (AvgIpc) is 3.63. The Morgan fingerprint density at radius 3 is 1.34 bits per heavy atom. The van der Waals surface area contributed by atoms with E-state index in [1.807, 2.05) is 12.1 Å². The maximum absolute atomic E-state index is 14.0. The van der Waals surface area contributed by atoms with Crippen molar-refractivity contribution in [2.24, 2.45) is 0 Å². The number of hydrogen-bond donors (Lipinski definition) is 0. The fourth-order valence-electron chi connectivity index (χ4n) is 8.77. The molecule has 0 N–H and O–H groups in total. The summed E-state index contributed by atoms with van der Waals surface area (Å²) in [5, 5.41) is 2.29. The summed E-state index contributed by atoms with van der Waals surface area (Å²) in [6.45, 7) is 0. The Morgan fingerprint density at radius 2 is 0.776 bits per heavy atom. The second kappa shape index (κ2) is 15.2. The molecule has 0 radical (unpaired) electrons. The van der Waals surface area contributed by atoms with Crippen molar-refractivity contribution in [3.63, 3.8) is 0 Å². The fourth-order valence-corrected chi connectivity index (χ4v) is 18.7. The maximum atomic E-state index is 14.0. The normalized spacial score (nSPS) is 11.5. The number of rotatable bonds is 9. The first-order valence-corrected chi connectivity index (χ1v) is 23.9. The first-order valence-electron chi connectivity index (χ1n) is 19.7. The van der Waals surface area contributed by atoms with Gasteiger partial charge < -0.3 is 4.57 Å². The van der Waals surface area contributed by atoms with Gasteiger partial charge in [0.05, 0.1) is 11.0 Å². The molecule has 0 atom stereocenters. The summed E-state index contributed by atoms with van der Waals surface area (Å²) in [6, 6.07) is 84.0. The zero-order valence-electron chi connectivity index (χ0n) is 31.8. The van der Waals surface area contributed by atoms with Crippen molar-refractivity contribution >= 4 is 69.7 Å². The molecule has 4 heteroatoms. The summed E-state index contributed by atoms with van der Waals surface area (Å²) < 4.78 is 21.8. The van der Waals surface area contributed by atoms with Gasteiger partial charge in [-0.15, -0.1) is 0 Å². The molecular formula is C54H39FGeN2. The van der Waals surface area contributed by atoms with Crippen LogP contribution in [-0.4, -0.2) is 17.8 Å². The number of benzene rings is 9. The molecule has 1 heterocycles. The van der Waals surface area contributed by atoms with Gasteiger partial charge in [-0.1, -0.05) is 24.3 Å². The second-order valence-corrected chi connectivity index (χ2v) is 22.7. The van der Waals surface area contributed by atoms with Gasteiger partial charge in [-0.2, -0.15) is 0 Å². The van der Waals surface area contributed by atoms with Gasteiger partial charge in [0.1, 0.15) is 5.82 Å². The van der Waals surface area contributed by atoms with Crippen LogP contribution in [0, 0.1) is 5.82 Å². The smallest absolute Gasteiger partial charge is 0.0351 e. The third kappa shape index (κ3) is 6.21. The molecule has 276 valence electrons. The van der Waals surface area contributed by atoms with E-state index >= 15 is 0 Å². The molecule has 0 amide bonds. The Morgan fingerprint density at radius 1 is 0.345 bits per heavy atom. The van der Waals surface area contributed by atoms with Crippen LogP contribution in [0.5, 0.6) is 0 Å². The van der Waals surface area contributed by atoms with Gasteiger partial charge in [0, 0.05) is 11.1 Å². The molecule has 0 aliphatic carbocycles. The number of fused-ring (bicyclic) bond motifs is 3. The van der Waals surface area contributed by atoms with Crippen LogP contribution in [-0.2, 0) is 0 Å². The van der Waals surface area contributed by atoms with Gasteiger partial charge >= 0.3 is 251 Å². The summed E-state index contributed by atoms with van der Waals surface area (Å²) in [7, 11) is 0. The van der Waals surface area contributed by atoms with Crippen LogP contribution in [0.1, 0.15) is 0 Å². The van der Waals surface area contributed by atoms with E-state index in [1.54, 1.807) is 0 Å². The predicted octanol–water partition coefficient (Wildman–Crippen LogP) is 11.4. The molecule has 0 unspecified atom stereocenters. The van der Waals surface area contributed by atoms with Gasteiger partial charge in [0.25, 0.3) is 0 Å². The molecule has 1 aromatic heterocycles. The van der Waals surface area contributed by atoms with Crippen molar-refractivity contribution in [2.75, 3.05) is 4.90 Å². The van der Waals surface area contributed by atoms with Crippen LogP contribution < -0.4 is 22.5 Å². The Bertz CT molecular complexity index is 2870. The summed E-state index contributed by atoms with van der Waals surface area (Å²) in [5.74, 6) is -0.244. The monoisotopic (exact) mass is 808 g/mol. The minimum absolute atomic E-state index is 0.244. The number of nitrogens with zero attached hydrogens (tertiary/aromatic N) is 2. The van der Waals surface area contributed by atoms with E-state index < -0.39 is 13.3 Å². The zero-order valence-corrected chi connectivity index (χ0v) is 33.9. The van der Waals surface area contributed by atoms with E-state index in [0.29, 0.717) is 0 Å². The van der Waals surface area contributed by atoms with Crippen molar-refractivity contribution in [2.45, 2.75) is 0 Å². The molecule has 0 saturated carbocycles. The van der Waals surface area contributed by atoms with E-state index in [0.717, 1.165) is 44.6 Å². The Labute approximate surface area is 341 Å². The molecule has 0 aliphatic heterocycles. The topological polar surface area (TPSA) is 8.17 Å². The first kappa shape index (κ1) is 35.5. The first-order chi connectivity index (χ1) is 28.7. The van der Waals surface area contributed by atoms with Gasteiger partial charge in [-0.3, -0.25) is 0 Å². The van der Waals surface area contributed by atoms with Crippen molar-refractivity contribution in [1.29, 1.82) is 0 Å². The van der Waals surface area contributed by atoms with Crippen molar-refractivity contribution in [1.82, 2.24) is 4.57 Å². The van der Waals surface area contributed by atoms with E-state index in [1.165, 1.54) is 40.8 Å².